The van der Waals surface area contributed by atoms with Crippen molar-refractivity contribution in [1.29, 1.82) is 0 Å². The first-order valence-corrected chi connectivity index (χ1v) is 8.80. The van der Waals surface area contributed by atoms with Crippen molar-refractivity contribution in [3.63, 3.8) is 0 Å². The van der Waals surface area contributed by atoms with Crippen LogP contribution in [0.5, 0.6) is 17.2 Å². The van der Waals surface area contributed by atoms with Crippen molar-refractivity contribution in [3.8, 4) is 28.4 Å². The van der Waals surface area contributed by atoms with Crippen molar-refractivity contribution < 1.29 is 19.0 Å². The van der Waals surface area contributed by atoms with Gasteiger partial charge in [-0.2, -0.15) is 0 Å². The van der Waals surface area contributed by atoms with E-state index in [0.717, 1.165) is 28.2 Å². The first-order valence-electron chi connectivity index (χ1n) is 8.80. The molecule has 1 aliphatic rings. The average Bonchev–Trinajstić information content (AvgIpc) is 2.88. The molecule has 0 saturated heterocycles. The number of carbonyl (C=O) groups is 1. The lowest BCUT2D eigenvalue weighted by molar-refractivity contribution is -0.135. The third-order valence-electron chi connectivity index (χ3n) is 4.53. The van der Waals surface area contributed by atoms with E-state index < -0.39 is 0 Å². The van der Waals surface area contributed by atoms with Gasteiger partial charge >= 0.3 is 0 Å². The SMILES string of the molecule is COc1cccc(-c2cc3c(c(OC)c2)OCCN(C(=O)C(C)C)C3)c1. The summed E-state index contributed by atoms with van der Waals surface area (Å²) in [5, 5.41) is 0. The van der Waals surface area contributed by atoms with E-state index >= 15 is 0 Å². The fraction of sp³-hybridized carbons (Fsp3) is 0.381. The molecule has 5 nitrogen and oxygen atoms in total. The van der Waals surface area contributed by atoms with E-state index in [2.05, 4.69) is 6.07 Å². The zero-order chi connectivity index (χ0) is 18.7. The van der Waals surface area contributed by atoms with Crippen molar-refractivity contribution in [1.82, 2.24) is 4.90 Å². The first kappa shape index (κ1) is 18.1. The highest BCUT2D eigenvalue weighted by Gasteiger charge is 2.24. The second-order valence-corrected chi connectivity index (χ2v) is 6.66. The number of methoxy groups -OCH3 is 2. The molecule has 0 aliphatic carbocycles. The Morgan fingerprint density at radius 1 is 1.12 bits per heavy atom. The van der Waals surface area contributed by atoms with Gasteiger partial charge in [-0.3, -0.25) is 4.79 Å². The van der Waals surface area contributed by atoms with Crippen molar-refractivity contribution in [2.45, 2.75) is 20.4 Å². The zero-order valence-corrected chi connectivity index (χ0v) is 15.7. The summed E-state index contributed by atoms with van der Waals surface area (Å²) in [6.07, 6.45) is 0. The first-order chi connectivity index (χ1) is 12.5. The van der Waals surface area contributed by atoms with E-state index in [-0.39, 0.29) is 11.8 Å². The number of carbonyl (C=O) groups excluding carboxylic acids is 1. The van der Waals surface area contributed by atoms with E-state index in [1.807, 2.05) is 49.1 Å². The largest absolute Gasteiger partial charge is 0.497 e. The Hall–Kier alpha value is -2.69. The van der Waals surface area contributed by atoms with Gasteiger partial charge in [-0.15, -0.1) is 0 Å². The van der Waals surface area contributed by atoms with Crippen LogP contribution in [-0.2, 0) is 11.3 Å². The molecule has 0 radical (unpaired) electrons. The monoisotopic (exact) mass is 355 g/mol. The van der Waals surface area contributed by atoms with Crippen molar-refractivity contribution in [2.24, 2.45) is 5.92 Å². The standard InChI is InChI=1S/C21H25NO4/c1-14(2)21(23)22-8-9-26-20-17(13-22)10-16(12-19(20)25-4)15-6-5-7-18(11-15)24-3/h5-7,10-12,14H,8-9,13H2,1-4H3. The van der Waals surface area contributed by atoms with E-state index in [1.54, 1.807) is 14.2 Å². The molecule has 138 valence electrons. The number of hydrogen-bond donors (Lipinski definition) is 0. The van der Waals surface area contributed by atoms with Gasteiger partial charge in [0.1, 0.15) is 12.4 Å². The lowest BCUT2D eigenvalue weighted by Crippen LogP contribution is -2.35. The van der Waals surface area contributed by atoms with Gasteiger partial charge in [0.25, 0.3) is 0 Å². The van der Waals surface area contributed by atoms with Crippen LogP contribution in [0.25, 0.3) is 11.1 Å². The van der Waals surface area contributed by atoms with Gasteiger partial charge in [-0.05, 0) is 35.4 Å². The molecule has 0 bridgehead atoms. The molecule has 3 rings (SSSR count). The Labute approximate surface area is 154 Å². The molecule has 26 heavy (non-hydrogen) atoms. The van der Waals surface area contributed by atoms with E-state index in [4.69, 9.17) is 14.2 Å². The summed E-state index contributed by atoms with van der Waals surface area (Å²) in [6.45, 7) is 5.38. The number of ether oxygens (including phenoxy) is 3. The number of amides is 1. The second-order valence-electron chi connectivity index (χ2n) is 6.66. The summed E-state index contributed by atoms with van der Waals surface area (Å²) in [7, 11) is 3.29. The van der Waals surface area contributed by atoms with Gasteiger partial charge in [0, 0.05) is 18.0 Å². The number of fused-ring (bicyclic) bond motifs is 1. The van der Waals surface area contributed by atoms with Crippen LogP contribution in [0.15, 0.2) is 36.4 Å². The molecule has 0 atom stereocenters. The van der Waals surface area contributed by atoms with Gasteiger partial charge < -0.3 is 19.1 Å². The number of benzene rings is 2. The highest BCUT2D eigenvalue weighted by atomic mass is 16.5. The van der Waals surface area contributed by atoms with Crippen molar-refractivity contribution >= 4 is 5.91 Å². The third kappa shape index (κ3) is 3.62. The lowest BCUT2D eigenvalue weighted by Gasteiger charge is -2.22. The van der Waals surface area contributed by atoms with Gasteiger partial charge in [-0.25, -0.2) is 0 Å². The predicted molar refractivity (Wildman–Crippen MR) is 101 cm³/mol. The molecule has 1 aliphatic heterocycles. The molecule has 0 saturated carbocycles. The van der Waals surface area contributed by atoms with Crippen LogP contribution in [-0.4, -0.2) is 38.2 Å². The fourth-order valence-electron chi connectivity index (χ4n) is 3.16. The molecule has 0 fully saturated rings. The molecule has 0 aromatic heterocycles. The van der Waals surface area contributed by atoms with Crippen LogP contribution < -0.4 is 14.2 Å². The molecule has 0 spiro atoms. The molecule has 5 heteroatoms. The van der Waals surface area contributed by atoms with Crippen LogP contribution in [0.3, 0.4) is 0 Å². The van der Waals surface area contributed by atoms with E-state index in [0.29, 0.717) is 25.4 Å². The number of rotatable bonds is 4. The van der Waals surface area contributed by atoms with E-state index in [9.17, 15) is 4.79 Å². The highest BCUT2D eigenvalue weighted by molar-refractivity contribution is 5.78. The summed E-state index contributed by atoms with van der Waals surface area (Å²) in [5.41, 5.74) is 2.98. The minimum absolute atomic E-state index is 0.0417. The Morgan fingerprint density at radius 2 is 1.92 bits per heavy atom. The van der Waals surface area contributed by atoms with Gasteiger partial charge in [-0.1, -0.05) is 26.0 Å². The molecule has 1 amide bonds. The summed E-state index contributed by atoms with van der Waals surface area (Å²) in [4.78, 5) is 14.3. The Balaban J connectivity index is 2.04. The molecule has 1 heterocycles. The maximum absolute atomic E-state index is 12.5. The molecular formula is C21H25NO4. The second kappa shape index (κ2) is 7.68. The summed E-state index contributed by atoms with van der Waals surface area (Å²) in [5.74, 6) is 2.29. The molecule has 2 aromatic carbocycles. The average molecular weight is 355 g/mol. The zero-order valence-electron chi connectivity index (χ0n) is 15.7. The van der Waals surface area contributed by atoms with Gasteiger partial charge in [0.15, 0.2) is 11.5 Å². The quantitative estimate of drug-likeness (QED) is 0.838. The normalized spacial score (nSPS) is 13.7. The lowest BCUT2D eigenvalue weighted by atomic mass is 10.0. The molecule has 0 N–H and O–H groups in total. The summed E-state index contributed by atoms with van der Waals surface area (Å²) >= 11 is 0. The Kier molecular flexibility index (Phi) is 5.35. The molecule has 2 aromatic rings. The van der Waals surface area contributed by atoms with Crippen LogP contribution >= 0.6 is 0 Å². The maximum atomic E-state index is 12.5. The van der Waals surface area contributed by atoms with Gasteiger partial charge in [0.2, 0.25) is 5.91 Å². The third-order valence-corrected chi connectivity index (χ3v) is 4.53. The van der Waals surface area contributed by atoms with Crippen LogP contribution in [0.2, 0.25) is 0 Å². The topological polar surface area (TPSA) is 48.0 Å². The van der Waals surface area contributed by atoms with Crippen LogP contribution in [0.1, 0.15) is 19.4 Å². The fourth-order valence-corrected chi connectivity index (χ4v) is 3.16. The summed E-state index contributed by atoms with van der Waals surface area (Å²) in [6, 6.07) is 11.9. The van der Waals surface area contributed by atoms with Crippen LogP contribution in [0.4, 0.5) is 0 Å². The smallest absolute Gasteiger partial charge is 0.225 e. The van der Waals surface area contributed by atoms with Crippen LogP contribution in [0, 0.1) is 5.92 Å². The number of nitrogens with zero attached hydrogens (tertiary/aromatic N) is 1. The summed E-state index contributed by atoms with van der Waals surface area (Å²) < 4.78 is 16.8. The minimum Gasteiger partial charge on any atom is -0.497 e. The predicted octanol–water partition coefficient (Wildman–Crippen LogP) is 3.75. The Bertz CT molecular complexity index is 801. The number of hydrogen-bond acceptors (Lipinski definition) is 4. The highest BCUT2D eigenvalue weighted by Crippen LogP contribution is 2.39. The van der Waals surface area contributed by atoms with Gasteiger partial charge in [0.05, 0.1) is 20.8 Å². The minimum atomic E-state index is -0.0417. The van der Waals surface area contributed by atoms with Crippen molar-refractivity contribution in [3.05, 3.63) is 42.0 Å². The Morgan fingerprint density at radius 3 is 2.62 bits per heavy atom. The molecule has 0 unspecified atom stereocenters. The van der Waals surface area contributed by atoms with E-state index in [1.165, 1.54) is 0 Å². The maximum Gasteiger partial charge on any atom is 0.225 e. The molecular weight excluding hydrogens is 330 g/mol. The van der Waals surface area contributed by atoms with Crippen molar-refractivity contribution in [2.75, 3.05) is 27.4 Å².